The number of hydroxylamine groups is 1. The number of carbonyl (C=O) groups excluding carboxylic acids is 1. The number of nitrogens with zero attached hydrogens (tertiary/aromatic N) is 1. The van der Waals surface area contributed by atoms with Crippen molar-refractivity contribution < 1.29 is 9.63 Å². The van der Waals surface area contributed by atoms with Gasteiger partial charge < -0.3 is 0 Å². The van der Waals surface area contributed by atoms with Gasteiger partial charge in [0, 0.05) is 6.21 Å². The Morgan fingerprint density at radius 3 is 3.14 bits per heavy atom. The van der Waals surface area contributed by atoms with E-state index in [1.807, 2.05) is 5.48 Å². The molecule has 7 heavy (non-hydrogen) atoms. The molecule has 0 bridgehead atoms. The highest BCUT2D eigenvalue weighted by Gasteiger charge is 1.97. The number of aliphatic imine (C=N–C) groups is 1. The second kappa shape index (κ2) is 1.70. The Morgan fingerprint density at radius 2 is 2.86 bits per heavy atom. The molecule has 0 radical (unpaired) electrons. The Morgan fingerprint density at radius 1 is 2.00 bits per heavy atom. The Kier molecular flexibility index (Phi) is 1.04. The molecule has 38 valence electrons. The molecule has 0 saturated heterocycles. The highest BCUT2D eigenvalue weighted by atomic mass is 16.7. The number of hydrogen-bond acceptors (Lipinski definition) is 2. The van der Waals surface area contributed by atoms with E-state index < -0.39 is 6.03 Å². The maximum atomic E-state index is 10.0. The van der Waals surface area contributed by atoms with Crippen LogP contribution in [-0.4, -0.2) is 18.9 Å². The summed E-state index contributed by atoms with van der Waals surface area (Å²) in [6.07, 6.45) is 1.40. The van der Waals surface area contributed by atoms with Crippen molar-refractivity contribution in [3.63, 3.8) is 0 Å². The Hall–Kier alpha value is -0.900. The molecule has 1 heterocycles. The topological polar surface area (TPSA) is 50.7 Å². The van der Waals surface area contributed by atoms with E-state index in [4.69, 9.17) is 0 Å². The molecule has 0 aromatic carbocycles. The number of amides is 2. The van der Waals surface area contributed by atoms with Crippen molar-refractivity contribution in [2.45, 2.75) is 0 Å². The van der Waals surface area contributed by atoms with E-state index in [1.54, 1.807) is 0 Å². The van der Waals surface area contributed by atoms with Gasteiger partial charge in [-0.2, -0.15) is 0 Å². The molecule has 0 aromatic heterocycles. The molecular formula is C3H4N2O2. The molecule has 0 unspecified atom stereocenters. The summed E-state index contributed by atoms with van der Waals surface area (Å²) in [6, 6.07) is -0.439. The zero-order chi connectivity index (χ0) is 5.11. The van der Waals surface area contributed by atoms with Crippen molar-refractivity contribution >= 4 is 12.2 Å². The first-order valence-corrected chi connectivity index (χ1v) is 1.84. The number of carbonyl (C=O) groups is 1. The molecule has 0 aromatic rings. The van der Waals surface area contributed by atoms with Crippen LogP contribution in [0.1, 0.15) is 0 Å². The van der Waals surface area contributed by atoms with Crippen LogP contribution in [0.3, 0.4) is 0 Å². The lowest BCUT2D eigenvalue weighted by Crippen LogP contribution is -2.25. The van der Waals surface area contributed by atoms with Gasteiger partial charge in [-0.3, -0.25) is 4.84 Å². The minimum atomic E-state index is -0.439. The molecular weight excluding hydrogens is 96.0 g/mol. The molecule has 2 amide bonds. The highest BCUT2D eigenvalue weighted by molar-refractivity contribution is 5.84. The van der Waals surface area contributed by atoms with Gasteiger partial charge in [0.15, 0.2) is 0 Å². The van der Waals surface area contributed by atoms with Gasteiger partial charge in [0.2, 0.25) is 0 Å². The lowest BCUT2D eigenvalue weighted by atomic mass is 10.8. The quantitative estimate of drug-likeness (QED) is 0.454. The average molecular weight is 100 g/mol. The maximum absolute atomic E-state index is 10.0. The van der Waals surface area contributed by atoms with Gasteiger partial charge >= 0.3 is 6.03 Å². The molecule has 4 heteroatoms. The molecule has 0 saturated carbocycles. The fraction of sp³-hybridized carbons (Fsp3) is 0.333. The number of urea groups is 1. The highest BCUT2D eigenvalue weighted by Crippen LogP contribution is 1.78. The second-order valence-electron chi connectivity index (χ2n) is 1.03. The average Bonchev–Trinajstić information content (AvgIpc) is 1.69. The van der Waals surface area contributed by atoms with E-state index >= 15 is 0 Å². The van der Waals surface area contributed by atoms with Crippen molar-refractivity contribution in [2.24, 2.45) is 4.99 Å². The van der Waals surface area contributed by atoms with Crippen LogP contribution in [0.2, 0.25) is 0 Å². The maximum Gasteiger partial charge on any atom is 0.364 e. The summed E-state index contributed by atoms with van der Waals surface area (Å²) in [7, 11) is 0. The summed E-state index contributed by atoms with van der Waals surface area (Å²) < 4.78 is 0. The van der Waals surface area contributed by atoms with Crippen molar-refractivity contribution in [1.82, 2.24) is 5.48 Å². The van der Waals surface area contributed by atoms with E-state index in [1.165, 1.54) is 6.21 Å². The van der Waals surface area contributed by atoms with E-state index in [0.29, 0.717) is 6.61 Å². The summed E-state index contributed by atoms with van der Waals surface area (Å²) in [5.74, 6) is 0. The van der Waals surface area contributed by atoms with Crippen LogP contribution in [-0.2, 0) is 4.84 Å². The lowest BCUT2D eigenvalue weighted by Gasteiger charge is -2.01. The molecule has 1 N–H and O–H groups in total. The zero-order valence-corrected chi connectivity index (χ0v) is 3.55. The van der Waals surface area contributed by atoms with Crippen molar-refractivity contribution in [3.8, 4) is 0 Å². The standard InChI is InChI=1S/C3H4N2O2/c6-3-4-1-2-7-5-3/h1H,2H2,(H,5,6). The summed E-state index contributed by atoms with van der Waals surface area (Å²) in [5, 5.41) is 0. The van der Waals surface area contributed by atoms with Crippen molar-refractivity contribution in [3.05, 3.63) is 0 Å². The third-order valence-electron chi connectivity index (χ3n) is 0.526. The molecule has 1 aliphatic heterocycles. The van der Waals surface area contributed by atoms with E-state index in [2.05, 4.69) is 9.83 Å². The molecule has 0 aliphatic carbocycles. The van der Waals surface area contributed by atoms with Gasteiger partial charge in [-0.1, -0.05) is 0 Å². The Bertz CT molecular complexity index is 110. The minimum Gasteiger partial charge on any atom is -0.266 e. The SMILES string of the molecule is O=C1N=CCON1. The second-order valence-corrected chi connectivity index (χ2v) is 1.03. The van der Waals surface area contributed by atoms with Crippen molar-refractivity contribution in [1.29, 1.82) is 0 Å². The largest absolute Gasteiger partial charge is 0.364 e. The van der Waals surface area contributed by atoms with Crippen LogP contribution in [0.25, 0.3) is 0 Å². The van der Waals surface area contributed by atoms with E-state index in [0.717, 1.165) is 0 Å². The molecule has 1 aliphatic rings. The third-order valence-corrected chi connectivity index (χ3v) is 0.526. The number of nitrogens with one attached hydrogen (secondary N) is 1. The van der Waals surface area contributed by atoms with Crippen LogP contribution >= 0.6 is 0 Å². The lowest BCUT2D eigenvalue weighted by molar-refractivity contribution is 0.0884. The first-order valence-electron chi connectivity index (χ1n) is 1.84. The minimum absolute atomic E-state index is 0.367. The molecule has 4 nitrogen and oxygen atoms in total. The molecule has 0 atom stereocenters. The monoisotopic (exact) mass is 100 g/mol. The molecule has 1 rings (SSSR count). The smallest absolute Gasteiger partial charge is 0.266 e. The summed E-state index contributed by atoms with van der Waals surface area (Å²) in [5.41, 5.74) is 2.05. The van der Waals surface area contributed by atoms with Crippen LogP contribution in [0.15, 0.2) is 4.99 Å². The first kappa shape index (κ1) is 4.26. The summed E-state index contributed by atoms with van der Waals surface area (Å²) in [4.78, 5) is 17.8. The first-order chi connectivity index (χ1) is 3.39. The molecule has 0 fully saturated rings. The van der Waals surface area contributed by atoms with Gasteiger partial charge in [-0.15, -0.1) is 0 Å². The fourth-order valence-corrected chi connectivity index (χ4v) is 0.287. The van der Waals surface area contributed by atoms with E-state index in [-0.39, 0.29) is 0 Å². The zero-order valence-electron chi connectivity index (χ0n) is 3.55. The predicted octanol–water partition coefficient (Wildman–Crippen LogP) is -0.288. The van der Waals surface area contributed by atoms with Crippen molar-refractivity contribution in [2.75, 3.05) is 6.61 Å². The van der Waals surface area contributed by atoms with Gasteiger partial charge in [-0.05, 0) is 0 Å². The van der Waals surface area contributed by atoms with Crippen LogP contribution in [0.4, 0.5) is 4.79 Å². The van der Waals surface area contributed by atoms with Gasteiger partial charge in [-0.25, -0.2) is 15.3 Å². The van der Waals surface area contributed by atoms with Crippen LogP contribution in [0, 0.1) is 0 Å². The summed E-state index contributed by atoms with van der Waals surface area (Å²) in [6.45, 7) is 0.367. The Labute approximate surface area is 40.1 Å². The normalized spacial score (nSPS) is 19.1. The van der Waals surface area contributed by atoms with Gasteiger partial charge in [0.05, 0.1) is 0 Å². The van der Waals surface area contributed by atoms with Crippen LogP contribution < -0.4 is 5.48 Å². The predicted molar refractivity (Wildman–Crippen MR) is 23.0 cm³/mol. The number of rotatable bonds is 0. The third kappa shape index (κ3) is 0.972. The van der Waals surface area contributed by atoms with E-state index in [9.17, 15) is 4.79 Å². The van der Waals surface area contributed by atoms with Gasteiger partial charge in [0.25, 0.3) is 0 Å². The fourth-order valence-electron chi connectivity index (χ4n) is 0.287. The summed E-state index contributed by atoms with van der Waals surface area (Å²) >= 11 is 0. The van der Waals surface area contributed by atoms with Crippen LogP contribution in [0.5, 0.6) is 0 Å². The number of hydrogen-bond donors (Lipinski definition) is 1. The van der Waals surface area contributed by atoms with Gasteiger partial charge in [0.1, 0.15) is 6.61 Å². The Balaban J connectivity index is 2.51. The molecule has 0 spiro atoms.